The minimum atomic E-state index is -2.38. The van der Waals surface area contributed by atoms with Gasteiger partial charge in [0.2, 0.25) is 0 Å². The molecule has 3 atom stereocenters. The van der Waals surface area contributed by atoms with Crippen molar-refractivity contribution in [3.05, 3.63) is 32.6 Å². The lowest BCUT2D eigenvalue weighted by molar-refractivity contribution is -0.214. The third kappa shape index (κ3) is 5.32. The Kier molecular flexibility index (Phi) is 7.83. The van der Waals surface area contributed by atoms with Gasteiger partial charge in [0.1, 0.15) is 17.9 Å². The highest BCUT2D eigenvalue weighted by atomic mass is 16.7. The summed E-state index contributed by atoms with van der Waals surface area (Å²) in [6.07, 6.45) is 6.18. The number of aromatic amines is 1. The fourth-order valence-corrected chi connectivity index (χ4v) is 2.22. The molecule has 0 aromatic carbocycles. The van der Waals surface area contributed by atoms with Gasteiger partial charge in [-0.3, -0.25) is 19.1 Å². The summed E-state index contributed by atoms with van der Waals surface area (Å²) >= 11 is 0. The molecule has 1 fully saturated rings. The molecule has 1 aliphatic heterocycles. The molecule has 1 aromatic rings. The van der Waals surface area contributed by atoms with E-state index in [4.69, 9.17) is 24.7 Å². The first-order chi connectivity index (χ1) is 12.2. The van der Waals surface area contributed by atoms with Gasteiger partial charge in [-0.15, -0.1) is 6.42 Å². The van der Waals surface area contributed by atoms with Crippen LogP contribution in [0.1, 0.15) is 44.9 Å². The predicted octanol–water partition coefficient (Wildman–Crippen LogP) is -1.07. The number of carbonyl (C=O) groups excluding carboxylic acids is 1. The zero-order chi connectivity index (χ0) is 19.9. The van der Waals surface area contributed by atoms with Crippen molar-refractivity contribution >= 4 is 13.8 Å². The number of H-pyrrole nitrogens is 1. The molecule has 140 valence electrons. The van der Waals surface area contributed by atoms with Gasteiger partial charge in [-0.25, -0.2) is 4.79 Å². The van der Waals surface area contributed by atoms with E-state index in [1.807, 2.05) is 0 Å². The summed E-state index contributed by atoms with van der Waals surface area (Å²) in [7, 11) is 5.51. The van der Waals surface area contributed by atoms with Crippen LogP contribution < -0.4 is 17.0 Å². The Morgan fingerprint density at radius 1 is 1.58 bits per heavy atom. The highest BCUT2D eigenvalue weighted by Crippen LogP contribution is 2.32. The molecule has 0 amide bonds. The molecule has 0 spiro atoms. The van der Waals surface area contributed by atoms with E-state index in [2.05, 4.69) is 29.5 Å². The molecule has 10 heteroatoms. The number of carbonyl (C=O) groups is 1. The number of hydrogen-bond acceptors (Lipinski definition) is 7. The first-order valence-electron chi connectivity index (χ1n) is 8.10. The second kappa shape index (κ2) is 9.38. The SMILES string of the molecule is CCC.[B]C(O)(OC(=O)CN)C1CCC(n2cc(C#C)c(=O)[nH]c2=O)O1. The van der Waals surface area contributed by atoms with Gasteiger partial charge in [-0.2, -0.15) is 0 Å². The van der Waals surface area contributed by atoms with E-state index in [0.29, 0.717) is 0 Å². The molecular formula is C16H22BN3O6. The zero-order valence-electron chi connectivity index (χ0n) is 14.7. The molecule has 1 aromatic heterocycles. The van der Waals surface area contributed by atoms with Crippen molar-refractivity contribution in [3.63, 3.8) is 0 Å². The van der Waals surface area contributed by atoms with Crippen LogP contribution in [0.3, 0.4) is 0 Å². The standard InChI is InChI=1S/C13H14BN3O6.C3H8/c1-2-7-6-17(12(20)16-11(7)19)9-4-3-8(22-9)13(14,21)23-10(18)5-15;1-3-2/h1,6,8-9,21H,3-5,15H2,(H,16,19,20);3H2,1-2H3. The Morgan fingerprint density at radius 2 is 2.19 bits per heavy atom. The Bertz CT molecular complexity index is 779. The van der Waals surface area contributed by atoms with Crippen LogP contribution in [0.2, 0.25) is 0 Å². The van der Waals surface area contributed by atoms with E-state index in [9.17, 15) is 19.5 Å². The van der Waals surface area contributed by atoms with E-state index in [1.165, 1.54) is 12.6 Å². The topological polar surface area (TPSA) is 137 Å². The molecule has 9 nitrogen and oxygen atoms in total. The van der Waals surface area contributed by atoms with Crippen LogP contribution in [-0.2, 0) is 14.3 Å². The number of aliphatic hydroxyl groups is 1. The summed E-state index contributed by atoms with van der Waals surface area (Å²) in [5, 5.41) is 9.97. The minimum Gasteiger partial charge on any atom is -0.440 e. The van der Waals surface area contributed by atoms with Crippen molar-refractivity contribution in [3.8, 4) is 12.3 Å². The van der Waals surface area contributed by atoms with Crippen LogP contribution in [0.25, 0.3) is 0 Å². The van der Waals surface area contributed by atoms with Crippen LogP contribution in [-0.4, -0.2) is 46.8 Å². The number of hydrogen-bond donors (Lipinski definition) is 3. The summed E-state index contributed by atoms with van der Waals surface area (Å²) in [4.78, 5) is 36.5. The third-order valence-corrected chi connectivity index (χ3v) is 3.34. The van der Waals surface area contributed by atoms with Gasteiger partial charge in [-0.05, 0) is 12.8 Å². The molecule has 26 heavy (non-hydrogen) atoms. The normalized spacial score (nSPS) is 21.0. The van der Waals surface area contributed by atoms with Crippen molar-refractivity contribution in [2.45, 2.75) is 51.1 Å². The number of nitrogens with zero attached hydrogens (tertiary/aromatic N) is 1. The molecule has 3 unspecified atom stereocenters. The number of ether oxygens (including phenoxy) is 2. The van der Waals surface area contributed by atoms with Crippen LogP contribution in [0.4, 0.5) is 0 Å². The predicted molar refractivity (Wildman–Crippen MR) is 94.2 cm³/mol. The highest BCUT2D eigenvalue weighted by molar-refractivity contribution is 6.14. The molecule has 2 radical (unpaired) electrons. The maximum absolute atomic E-state index is 11.8. The van der Waals surface area contributed by atoms with Crippen molar-refractivity contribution in [2.75, 3.05) is 6.54 Å². The van der Waals surface area contributed by atoms with Crippen molar-refractivity contribution in [1.82, 2.24) is 9.55 Å². The lowest BCUT2D eigenvalue weighted by atomic mass is 9.87. The van der Waals surface area contributed by atoms with Gasteiger partial charge in [0.05, 0.1) is 6.54 Å². The first-order valence-corrected chi connectivity index (χ1v) is 8.10. The van der Waals surface area contributed by atoms with Crippen LogP contribution in [0.15, 0.2) is 15.8 Å². The molecule has 2 rings (SSSR count). The van der Waals surface area contributed by atoms with E-state index in [0.717, 1.165) is 4.57 Å². The quantitative estimate of drug-likeness (QED) is 0.268. The van der Waals surface area contributed by atoms with E-state index >= 15 is 0 Å². The largest absolute Gasteiger partial charge is 0.440 e. The number of aromatic nitrogens is 2. The number of esters is 1. The maximum atomic E-state index is 11.8. The Hall–Kier alpha value is -2.35. The molecule has 0 aliphatic carbocycles. The fraction of sp³-hybridized carbons (Fsp3) is 0.562. The van der Waals surface area contributed by atoms with Crippen LogP contribution >= 0.6 is 0 Å². The fourth-order valence-electron chi connectivity index (χ4n) is 2.22. The highest BCUT2D eigenvalue weighted by Gasteiger charge is 2.42. The van der Waals surface area contributed by atoms with E-state index in [-0.39, 0.29) is 18.4 Å². The summed E-state index contributed by atoms with van der Waals surface area (Å²) in [5.74, 6) is 1.24. The molecule has 1 saturated heterocycles. The van der Waals surface area contributed by atoms with Crippen molar-refractivity contribution in [1.29, 1.82) is 0 Å². The molecular weight excluding hydrogens is 341 g/mol. The molecule has 4 N–H and O–H groups in total. The zero-order valence-corrected chi connectivity index (χ0v) is 14.7. The molecule has 2 heterocycles. The van der Waals surface area contributed by atoms with Gasteiger partial charge >= 0.3 is 11.7 Å². The summed E-state index contributed by atoms with van der Waals surface area (Å²) < 4.78 is 11.2. The smallest absolute Gasteiger partial charge is 0.330 e. The second-order valence-corrected chi connectivity index (χ2v) is 5.65. The Labute approximate surface area is 151 Å². The molecule has 0 bridgehead atoms. The average Bonchev–Trinajstić information content (AvgIpc) is 3.06. The average molecular weight is 363 g/mol. The third-order valence-electron chi connectivity index (χ3n) is 3.34. The van der Waals surface area contributed by atoms with Gasteiger partial charge in [0.25, 0.3) is 5.56 Å². The number of rotatable bonds is 4. The van der Waals surface area contributed by atoms with E-state index in [1.54, 1.807) is 0 Å². The first kappa shape index (κ1) is 21.7. The molecule has 1 aliphatic rings. The number of nitrogens with two attached hydrogens (primary N) is 1. The maximum Gasteiger partial charge on any atom is 0.330 e. The number of nitrogens with one attached hydrogen (secondary N) is 1. The summed E-state index contributed by atoms with van der Waals surface area (Å²) in [5.41, 5.74) is 1.24. The van der Waals surface area contributed by atoms with Crippen LogP contribution in [0.5, 0.6) is 0 Å². The summed E-state index contributed by atoms with van der Waals surface area (Å²) in [6.45, 7) is 3.79. The summed E-state index contributed by atoms with van der Waals surface area (Å²) in [6, 6.07) is 0. The Morgan fingerprint density at radius 3 is 2.73 bits per heavy atom. The van der Waals surface area contributed by atoms with Crippen molar-refractivity contribution in [2.24, 2.45) is 5.73 Å². The lowest BCUT2D eigenvalue weighted by Gasteiger charge is -2.30. The number of terminal acetylenes is 1. The van der Waals surface area contributed by atoms with Gasteiger partial charge < -0.3 is 20.3 Å². The van der Waals surface area contributed by atoms with Gasteiger partial charge in [-0.1, -0.05) is 26.2 Å². The van der Waals surface area contributed by atoms with Gasteiger partial charge in [0, 0.05) is 6.20 Å². The molecule has 0 saturated carbocycles. The van der Waals surface area contributed by atoms with Crippen LogP contribution in [0, 0.1) is 12.3 Å². The van der Waals surface area contributed by atoms with E-state index < -0.39 is 41.8 Å². The minimum absolute atomic E-state index is 0.0470. The van der Waals surface area contributed by atoms with Gasteiger partial charge in [0.15, 0.2) is 13.5 Å². The monoisotopic (exact) mass is 363 g/mol. The Balaban J connectivity index is 0.00000105. The second-order valence-electron chi connectivity index (χ2n) is 5.65. The van der Waals surface area contributed by atoms with Crippen molar-refractivity contribution < 1.29 is 19.4 Å². The lowest BCUT2D eigenvalue weighted by Crippen LogP contribution is -2.48.